The lowest BCUT2D eigenvalue weighted by molar-refractivity contribution is 0.0593. The van der Waals surface area contributed by atoms with Crippen molar-refractivity contribution in [2.24, 2.45) is 0 Å². The number of benzene rings is 1. The van der Waals surface area contributed by atoms with Crippen LogP contribution in [0.5, 0.6) is 0 Å². The Morgan fingerprint density at radius 3 is 2.83 bits per heavy atom. The molecule has 0 aliphatic heterocycles. The average molecular weight is 342 g/mol. The highest BCUT2D eigenvalue weighted by Gasteiger charge is 2.24. The number of halogens is 1. The van der Waals surface area contributed by atoms with Crippen LogP contribution in [0.3, 0.4) is 0 Å². The second-order valence-electron chi connectivity index (χ2n) is 4.84. The molecule has 2 heterocycles. The Morgan fingerprint density at radius 1 is 1.42 bits per heavy atom. The first-order valence-electron chi connectivity index (χ1n) is 6.86. The third kappa shape index (κ3) is 2.39. The third-order valence-corrected chi connectivity index (χ3v) is 3.81. The summed E-state index contributed by atoms with van der Waals surface area (Å²) in [6.07, 6.45) is 4.81. The van der Waals surface area contributed by atoms with E-state index in [1.807, 2.05) is 6.07 Å². The third-order valence-electron chi connectivity index (χ3n) is 3.50. The van der Waals surface area contributed by atoms with Gasteiger partial charge in [0.15, 0.2) is 5.69 Å². The summed E-state index contributed by atoms with van der Waals surface area (Å²) in [6, 6.07) is 8.90. The summed E-state index contributed by atoms with van der Waals surface area (Å²) in [5, 5.41) is 13.8. The molecule has 0 radical (unpaired) electrons. The molecule has 7 nitrogen and oxygen atoms in total. The van der Waals surface area contributed by atoms with E-state index in [1.165, 1.54) is 17.9 Å². The van der Waals surface area contributed by atoms with Gasteiger partial charge in [0.2, 0.25) is 0 Å². The lowest BCUT2D eigenvalue weighted by Crippen LogP contribution is -2.13. The summed E-state index contributed by atoms with van der Waals surface area (Å²) < 4.78 is 7.85. The average Bonchev–Trinajstić information content (AvgIpc) is 3.21. The maximum absolute atomic E-state index is 12.2. The van der Waals surface area contributed by atoms with Crippen LogP contribution in [0, 0.1) is 11.3 Å². The van der Waals surface area contributed by atoms with E-state index >= 15 is 0 Å². The number of ether oxygens (including phenoxy) is 1. The molecular formula is C16H12ClN5O2. The number of nitrogens with two attached hydrogens (primary N) is 1. The molecule has 0 unspecified atom stereocenters. The van der Waals surface area contributed by atoms with Crippen LogP contribution in [0.1, 0.15) is 16.1 Å². The number of carbonyl (C=O) groups is 1. The molecule has 1 aromatic carbocycles. The highest BCUT2D eigenvalue weighted by Crippen LogP contribution is 2.31. The fourth-order valence-electron chi connectivity index (χ4n) is 2.43. The Kier molecular flexibility index (Phi) is 3.98. The number of aromatic nitrogens is 3. The minimum atomic E-state index is -0.652. The highest BCUT2D eigenvalue weighted by molar-refractivity contribution is 6.32. The quantitative estimate of drug-likeness (QED) is 0.738. The fourth-order valence-corrected chi connectivity index (χ4v) is 2.69. The van der Waals surface area contributed by atoms with Gasteiger partial charge in [0.25, 0.3) is 0 Å². The molecule has 2 aromatic heterocycles. The molecule has 0 fully saturated rings. The number of rotatable bonds is 3. The normalized spacial score (nSPS) is 10.4. The van der Waals surface area contributed by atoms with Gasteiger partial charge in [0, 0.05) is 18.6 Å². The zero-order valence-electron chi connectivity index (χ0n) is 12.6. The van der Waals surface area contributed by atoms with Gasteiger partial charge in [-0.1, -0.05) is 17.7 Å². The van der Waals surface area contributed by atoms with Crippen LogP contribution in [0.25, 0.3) is 11.4 Å². The number of carbonyl (C=O) groups excluding carboxylic acids is 1. The molecule has 0 aliphatic rings. The van der Waals surface area contributed by atoms with Gasteiger partial charge in [-0.05, 0) is 18.2 Å². The SMILES string of the molecule is COC(=O)c1c(N)c(C#N)cn1-c1cccc(Cl)c1-n1cccn1. The lowest BCUT2D eigenvalue weighted by Gasteiger charge is -2.14. The Hall–Kier alpha value is -3.24. The maximum atomic E-state index is 12.2. The number of hydrogen-bond acceptors (Lipinski definition) is 5. The number of nitriles is 1. The van der Waals surface area contributed by atoms with Crippen LogP contribution >= 0.6 is 11.6 Å². The molecule has 0 saturated heterocycles. The number of hydrogen-bond donors (Lipinski definition) is 1. The van der Waals surface area contributed by atoms with Gasteiger partial charge in [-0.15, -0.1) is 0 Å². The van der Waals surface area contributed by atoms with Gasteiger partial charge >= 0.3 is 5.97 Å². The monoisotopic (exact) mass is 341 g/mol. The van der Waals surface area contributed by atoms with E-state index in [2.05, 4.69) is 5.10 Å². The van der Waals surface area contributed by atoms with E-state index in [4.69, 9.17) is 22.1 Å². The number of nitrogens with zero attached hydrogens (tertiary/aromatic N) is 4. The summed E-state index contributed by atoms with van der Waals surface area (Å²) >= 11 is 6.33. The van der Waals surface area contributed by atoms with Crippen molar-refractivity contribution in [3.63, 3.8) is 0 Å². The van der Waals surface area contributed by atoms with Crippen molar-refractivity contribution in [3.05, 3.63) is 59.1 Å². The molecule has 0 saturated carbocycles. The van der Waals surface area contributed by atoms with Crippen LogP contribution in [0.2, 0.25) is 5.02 Å². The van der Waals surface area contributed by atoms with Crippen molar-refractivity contribution in [1.29, 1.82) is 5.26 Å². The van der Waals surface area contributed by atoms with Crippen molar-refractivity contribution in [2.45, 2.75) is 0 Å². The Balaban J connectivity index is 2.34. The van der Waals surface area contributed by atoms with Gasteiger partial charge in [-0.25, -0.2) is 9.48 Å². The number of para-hydroxylation sites is 1. The molecule has 3 aromatic rings. The number of esters is 1. The zero-order valence-corrected chi connectivity index (χ0v) is 13.4. The summed E-state index contributed by atoms with van der Waals surface area (Å²) in [5.74, 6) is -0.652. The molecule has 0 spiro atoms. The zero-order chi connectivity index (χ0) is 17.3. The lowest BCUT2D eigenvalue weighted by atomic mass is 10.2. The minimum Gasteiger partial charge on any atom is -0.464 e. The van der Waals surface area contributed by atoms with E-state index in [1.54, 1.807) is 41.3 Å². The van der Waals surface area contributed by atoms with E-state index in [0.29, 0.717) is 16.4 Å². The van der Waals surface area contributed by atoms with Crippen molar-refractivity contribution in [3.8, 4) is 17.4 Å². The number of nitrogen functional groups attached to an aromatic ring is 1. The molecule has 0 bridgehead atoms. The van der Waals surface area contributed by atoms with Crippen molar-refractivity contribution in [1.82, 2.24) is 14.3 Å². The summed E-state index contributed by atoms with van der Waals surface area (Å²) in [5.41, 5.74) is 7.31. The first kappa shape index (κ1) is 15.6. The number of anilines is 1. The van der Waals surface area contributed by atoms with Crippen LogP contribution in [-0.2, 0) is 4.74 Å². The van der Waals surface area contributed by atoms with Crippen LogP contribution < -0.4 is 5.73 Å². The second-order valence-corrected chi connectivity index (χ2v) is 5.24. The number of methoxy groups -OCH3 is 1. The topological polar surface area (TPSA) is 98.9 Å². The van der Waals surface area contributed by atoms with Crippen LogP contribution in [0.15, 0.2) is 42.9 Å². The molecule has 120 valence electrons. The second kappa shape index (κ2) is 6.10. The molecule has 0 aliphatic carbocycles. The molecule has 0 atom stereocenters. The van der Waals surface area contributed by atoms with Crippen molar-refractivity contribution < 1.29 is 9.53 Å². The van der Waals surface area contributed by atoms with E-state index < -0.39 is 5.97 Å². The van der Waals surface area contributed by atoms with E-state index in [9.17, 15) is 10.1 Å². The molecule has 2 N–H and O–H groups in total. The molecule has 24 heavy (non-hydrogen) atoms. The summed E-state index contributed by atoms with van der Waals surface area (Å²) in [6.45, 7) is 0. The summed E-state index contributed by atoms with van der Waals surface area (Å²) in [7, 11) is 1.25. The minimum absolute atomic E-state index is 0.0516. The van der Waals surface area contributed by atoms with Gasteiger partial charge in [-0.3, -0.25) is 0 Å². The first-order valence-corrected chi connectivity index (χ1v) is 7.24. The molecular weight excluding hydrogens is 330 g/mol. The Labute approximate surface area is 142 Å². The van der Waals surface area contributed by atoms with Crippen LogP contribution in [-0.4, -0.2) is 27.4 Å². The first-order chi connectivity index (χ1) is 11.6. The van der Waals surface area contributed by atoms with Gasteiger partial charge in [-0.2, -0.15) is 10.4 Å². The standard InChI is InChI=1S/C16H12ClN5O2/c1-24-16(23)15-13(19)10(8-18)9-21(15)12-5-2-4-11(17)14(12)22-7-3-6-20-22/h2-7,9H,19H2,1H3. The molecule has 0 amide bonds. The fraction of sp³-hybridized carbons (Fsp3) is 0.0625. The van der Waals surface area contributed by atoms with Crippen molar-refractivity contribution in [2.75, 3.05) is 12.8 Å². The Bertz CT molecular complexity index is 954. The largest absolute Gasteiger partial charge is 0.464 e. The molecule has 3 rings (SSSR count). The van der Waals surface area contributed by atoms with Crippen LogP contribution in [0.4, 0.5) is 5.69 Å². The van der Waals surface area contributed by atoms with Crippen molar-refractivity contribution >= 4 is 23.3 Å². The van der Waals surface area contributed by atoms with Gasteiger partial charge in [0.05, 0.1) is 29.1 Å². The highest BCUT2D eigenvalue weighted by atomic mass is 35.5. The van der Waals surface area contributed by atoms with E-state index in [0.717, 1.165) is 0 Å². The van der Waals surface area contributed by atoms with E-state index in [-0.39, 0.29) is 16.9 Å². The Morgan fingerprint density at radius 2 is 2.21 bits per heavy atom. The van der Waals surface area contributed by atoms with Gasteiger partial charge in [0.1, 0.15) is 11.8 Å². The predicted molar refractivity (Wildman–Crippen MR) is 88.4 cm³/mol. The maximum Gasteiger partial charge on any atom is 0.357 e. The van der Waals surface area contributed by atoms with Gasteiger partial charge < -0.3 is 15.0 Å². The summed E-state index contributed by atoms with van der Waals surface area (Å²) in [4.78, 5) is 12.2. The predicted octanol–water partition coefficient (Wildman–Crippen LogP) is 2.56. The molecule has 8 heteroatoms. The smallest absolute Gasteiger partial charge is 0.357 e.